The first-order chi connectivity index (χ1) is 9.99. The standard InChI is InChI=1S/C15H24ClN3O2/c1-5-17-14-13(16)8-12(9-18-14)15(20)19(6-7-21-4)10-11(2)3/h8-9,11H,5-7,10H2,1-4H3,(H,17,18). The van der Waals surface area contributed by atoms with Gasteiger partial charge in [-0.2, -0.15) is 0 Å². The second-order valence-corrected chi connectivity index (χ2v) is 5.63. The van der Waals surface area contributed by atoms with Crippen LogP contribution in [0.5, 0.6) is 0 Å². The number of ether oxygens (including phenoxy) is 1. The Balaban J connectivity index is 2.89. The first-order valence-corrected chi connectivity index (χ1v) is 7.55. The number of pyridine rings is 1. The minimum Gasteiger partial charge on any atom is -0.383 e. The number of carbonyl (C=O) groups excluding carboxylic acids is 1. The van der Waals surface area contributed by atoms with E-state index >= 15 is 0 Å². The van der Waals surface area contributed by atoms with E-state index < -0.39 is 0 Å². The lowest BCUT2D eigenvalue weighted by Gasteiger charge is -2.24. The van der Waals surface area contributed by atoms with Gasteiger partial charge in [-0.3, -0.25) is 4.79 Å². The molecule has 5 nitrogen and oxygen atoms in total. The highest BCUT2D eigenvalue weighted by Gasteiger charge is 2.18. The monoisotopic (exact) mass is 313 g/mol. The van der Waals surface area contributed by atoms with E-state index in [4.69, 9.17) is 16.3 Å². The number of rotatable bonds is 8. The van der Waals surface area contributed by atoms with Crippen LogP contribution >= 0.6 is 11.6 Å². The van der Waals surface area contributed by atoms with Gasteiger partial charge < -0.3 is 15.0 Å². The molecule has 0 spiro atoms. The van der Waals surface area contributed by atoms with E-state index in [1.807, 2.05) is 6.92 Å². The smallest absolute Gasteiger partial charge is 0.255 e. The van der Waals surface area contributed by atoms with E-state index in [-0.39, 0.29) is 5.91 Å². The van der Waals surface area contributed by atoms with Crippen molar-refractivity contribution in [1.29, 1.82) is 0 Å². The van der Waals surface area contributed by atoms with Crippen LogP contribution in [0.25, 0.3) is 0 Å². The maximum Gasteiger partial charge on any atom is 0.255 e. The number of methoxy groups -OCH3 is 1. The van der Waals surface area contributed by atoms with E-state index in [2.05, 4.69) is 24.1 Å². The molecule has 1 amide bonds. The Hall–Kier alpha value is -1.33. The van der Waals surface area contributed by atoms with Crippen molar-refractivity contribution in [2.45, 2.75) is 20.8 Å². The molecule has 0 aliphatic heterocycles. The van der Waals surface area contributed by atoms with E-state index in [0.717, 1.165) is 6.54 Å². The third-order valence-electron chi connectivity index (χ3n) is 2.87. The molecule has 0 aromatic carbocycles. The third-order valence-corrected chi connectivity index (χ3v) is 3.16. The summed E-state index contributed by atoms with van der Waals surface area (Å²) in [6, 6.07) is 1.66. The van der Waals surface area contributed by atoms with E-state index in [9.17, 15) is 4.79 Å². The second-order valence-electron chi connectivity index (χ2n) is 5.22. The molecule has 1 rings (SSSR count). The Morgan fingerprint density at radius 2 is 2.24 bits per heavy atom. The van der Waals surface area contributed by atoms with Crippen LogP contribution in [0.15, 0.2) is 12.3 Å². The number of aromatic nitrogens is 1. The van der Waals surface area contributed by atoms with Crippen LogP contribution < -0.4 is 5.32 Å². The Morgan fingerprint density at radius 1 is 1.52 bits per heavy atom. The molecule has 6 heteroatoms. The molecule has 1 aromatic rings. The van der Waals surface area contributed by atoms with E-state index in [0.29, 0.717) is 42.0 Å². The fourth-order valence-electron chi connectivity index (χ4n) is 1.95. The molecule has 0 saturated heterocycles. The highest BCUT2D eigenvalue weighted by Crippen LogP contribution is 2.21. The van der Waals surface area contributed by atoms with Crippen LogP contribution in [-0.4, -0.2) is 49.1 Å². The summed E-state index contributed by atoms with van der Waals surface area (Å²) in [4.78, 5) is 18.5. The number of carbonyl (C=O) groups is 1. The topological polar surface area (TPSA) is 54.5 Å². The van der Waals surface area contributed by atoms with Crippen molar-refractivity contribution in [2.24, 2.45) is 5.92 Å². The fraction of sp³-hybridized carbons (Fsp3) is 0.600. The number of hydrogen-bond acceptors (Lipinski definition) is 4. The van der Waals surface area contributed by atoms with Gasteiger partial charge in [0, 0.05) is 32.9 Å². The summed E-state index contributed by atoms with van der Waals surface area (Å²) in [7, 11) is 1.63. The second kappa shape index (κ2) is 8.85. The lowest BCUT2D eigenvalue weighted by atomic mass is 10.1. The molecule has 118 valence electrons. The van der Waals surface area contributed by atoms with Crippen molar-refractivity contribution in [1.82, 2.24) is 9.88 Å². The molecule has 0 fully saturated rings. The highest BCUT2D eigenvalue weighted by molar-refractivity contribution is 6.33. The quantitative estimate of drug-likeness (QED) is 0.802. The summed E-state index contributed by atoms with van der Waals surface area (Å²) in [5.41, 5.74) is 0.499. The van der Waals surface area contributed by atoms with Gasteiger partial charge >= 0.3 is 0 Å². The molecule has 1 heterocycles. The maximum absolute atomic E-state index is 12.6. The number of halogens is 1. The predicted molar refractivity (Wildman–Crippen MR) is 86.0 cm³/mol. The molecular formula is C15H24ClN3O2. The SMILES string of the molecule is CCNc1ncc(C(=O)N(CCOC)CC(C)C)cc1Cl. The minimum atomic E-state index is -0.0711. The molecule has 0 aliphatic carbocycles. The Kier molecular flexibility index (Phi) is 7.47. The van der Waals surface area contributed by atoms with E-state index in [1.165, 1.54) is 0 Å². The van der Waals surface area contributed by atoms with Gasteiger partial charge in [0.1, 0.15) is 5.82 Å². The van der Waals surface area contributed by atoms with Crippen molar-refractivity contribution in [3.05, 3.63) is 22.8 Å². The average molecular weight is 314 g/mol. The van der Waals surface area contributed by atoms with Crippen molar-refractivity contribution >= 4 is 23.3 Å². The van der Waals surface area contributed by atoms with Crippen molar-refractivity contribution in [3.63, 3.8) is 0 Å². The number of amides is 1. The summed E-state index contributed by atoms with van der Waals surface area (Å²) in [6.45, 7) is 8.59. The van der Waals surface area contributed by atoms with Crippen LogP contribution in [0.3, 0.4) is 0 Å². The zero-order valence-corrected chi connectivity index (χ0v) is 13.9. The number of anilines is 1. The van der Waals surface area contributed by atoms with Gasteiger partial charge in [0.15, 0.2) is 0 Å². The Morgan fingerprint density at radius 3 is 2.76 bits per heavy atom. The van der Waals surface area contributed by atoms with Gasteiger partial charge in [-0.15, -0.1) is 0 Å². The molecule has 21 heavy (non-hydrogen) atoms. The van der Waals surface area contributed by atoms with Crippen LogP contribution in [0.4, 0.5) is 5.82 Å². The van der Waals surface area contributed by atoms with Crippen LogP contribution in [0, 0.1) is 5.92 Å². The molecule has 0 radical (unpaired) electrons. The number of nitrogens with one attached hydrogen (secondary N) is 1. The zero-order chi connectivity index (χ0) is 15.8. The van der Waals surface area contributed by atoms with Gasteiger partial charge in [-0.1, -0.05) is 25.4 Å². The number of nitrogens with zero attached hydrogens (tertiary/aromatic N) is 2. The predicted octanol–water partition coefficient (Wildman–Crippen LogP) is 2.91. The zero-order valence-electron chi connectivity index (χ0n) is 13.1. The van der Waals surface area contributed by atoms with Crippen LogP contribution in [-0.2, 0) is 4.74 Å². The first kappa shape index (κ1) is 17.7. The number of hydrogen-bond donors (Lipinski definition) is 1. The third kappa shape index (κ3) is 5.52. The van der Waals surface area contributed by atoms with Crippen molar-refractivity contribution in [3.8, 4) is 0 Å². The molecule has 0 atom stereocenters. The van der Waals surface area contributed by atoms with Crippen LogP contribution in [0.2, 0.25) is 5.02 Å². The van der Waals surface area contributed by atoms with Crippen molar-refractivity contribution < 1.29 is 9.53 Å². The molecule has 1 N–H and O–H groups in total. The van der Waals surface area contributed by atoms with E-state index in [1.54, 1.807) is 24.3 Å². The van der Waals surface area contributed by atoms with Gasteiger partial charge in [0.05, 0.1) is 17.2 Å². The minimum absolute atomic E-state index is 0.0711. The molecule has 0 bridgehead atoms. The molecule has 0 aliphatic rings. The average Bonchev–Trinajstić information content (AvgIpc) is 2.44. The normalized spacial score (nSPS) is 10.8. The summed E-state index contributed by atoms with van der Waals surface area (Å²) in [5, 5.41) is 3.51. The van der Waals surface area contributed by atoms with Gasteiger partial charge in [-0.25, -0.2) is 4.98 Å². The first-order valence-electron chi connectivity index (χ1n) is 7.17. The summed E-state index contributed by atoms with van der Waals surface area (Å²) >= 11 is 6.15. The molecule has 0 saturated carbocycles. The molecule has 1 aromatic heterocycles. The largest absolute Gasteiger partial charge is 0.383 e. The lowest BCUT2D eigenvalue weighted by molar-refractivity contribution is 0.0672. The Bertz CT molecular complexity index is 466. The molecule has 0 unspecified atom stereocenters. The van der Waals surface area contributed by atoms with Crippen molar-refractivity contribution in [2.75, 3.05) is 38.7 Å². The van der Waals surface area contributed by atoms with Gasteiger partial charge in [-0.05, 0) is 18.9 Å². The van der Waals surface area contributed by atoms with Gasteiger partial charge in [0.25, 0.3) is 5.91 Å². The Labute approximate surface area is 131 Å². The summed E-state index contributed by atoms with van der Waals surface area (Å²) in [5.74, 6) is 0.913. The summed E-state index contributed by atoms with van der Waals surface area (Å²) in [6.07, 6.45) is 1.56. The maximum atomic E-state index is 12.6. The summed E-state index contributed by atoms with van der Waals surface area (Å²) < 4.78 is 5.07. The fourth-order valence-corrected chi connectivity index (χ4v) is 2.19. The molecular weight excluding hydrogens is 290 g/mol. The van der Waals surface area contributed by atoms with Gasteiger partial charge in [0.2, 0.25) is 0 Å². The lowest BCUT2D eigenvalue weighted by Crippen LogP contribution is -2.36. The van der Waals surface area contributed by atoms with Crippen LogP contribution in [0.1, 0.15) is 31.1 Å². The highest BCUT2D eigenvalue weighted by atomic mass is 35.5.